The third kappa shape index (κ3) is 2.55. The summed E-state index contributed by atoms with van der Waals surface area (Å²) < 4.78 is 21.0. The second-order valence-corrected chi connectivity index (χ2v) is 6.39. The number of aromatic nitrogens is 3. The van der Waals surface area contributed by atoms with Gasteiger partial charge in [-0.3, -0.25) is 4.68 Å². The quantitative estimate of drug-likeness (QED) is 0.688. The molecule has 3 heterocycles. The summed E-state index contributed by atoms with van der Waals surface area (Å²) in [7, 11) is 1.70. The number of ether oxygens (including phenoxy) is 1. The van der Waals surface area contributed by atoms with Gasteiger partial charge in [0, 0.05) is 13.2 Å². The van der Waals surface area contributed by atoms with Crippen LogP contribution in [0.1, 0.15) is 10.5 Å². The minimum atomic E-state index is -0.374. The van der Waals surface area contributed by atoms with Gasteiger partial charge in [0.1, 0.15) is 17.6 Å². The molecular formula is C15H13FN4O2S. The van der Waals surface area contributed by atoms with Gasteiger partial charge in [-0.1, -0.05) is 11.3 Å². The predicted molar refractivity (Wildman–Crippen MR) is 84.2 cm³/mol. The Kier molecular flexibility index (Phi) is 3.26. The smallest absolute Gasteiger partial charge is 0.356 e. The number of fused-ring (bicyclic) bond motifs is 1. The molecule has 1 fully saturated rings. The average Bonchev–Trinajstić information content (AvgIpc) is 3.07. The summed E-state index contributed by atoms with van der Waals surface area (Å²) in [6.07, 6.45) is 1.39. The molecule has 0 atom stereocenters. The number of esters is 1. The zero-order valence-electron chi connectivity index (χ0n) is 12.3. The number of thiazole rings is 1. The fraction of sp³-hybridized carbons (Fsp3) is 0.267. The van der Waals surface area contributed by atoms with Gasteiger partial charge in [-0.2, -0.15) is 5.10 Å². The highest BCUT2D eigenvalue weighted by atomic mass is 32.1. The number of hydrogen-bond donors (Lipinski definition) is 0. The number of nitrogens with zero attached hydrogens (tertiary/aromatic N) is 4. The summed E-state index contributed by atoms with van der Waals surface area (Å²) >= 11 is 1.44. The summed E-state index contributed by atoms with van der Waals surface area (Å²) in [6.45, 7) is 1.18. The highest BCUT2D eigenvalue weighted by Gasteiger charge is 2.32. The average molecular weight is 332 g/mol. The molecule has 1 aliphatic heterocycles. The molecule has 1 aromatic carbocycles. The third-order valence-corrected chi connectivity index (χ3v) is 4.84. The fourth-order valence-corrected chi connectivity index (χ4v) is 3.48. The second kappa shape index (κ2) is 5.31. The van der Waals surface area contributed by atoms with Crippen molar-refractivity contribution in [3.63, 3.8) is 0 Å². The first kappa shape index (κ1) is 14.1. The van der Waals surface area contributed by atoms with Crippen molar-refractivity contribution in [3.05, 3.63) is 42.0 Å². The summed E-state index contributed by atoms with van der Waals surface area (Å²) in [5.74, 6) is -0.639. The Bertz CT molecular complexity index is 885. The number of carbonyl (C=O) groups is 1. The standard InChI is InChI=1S/C15H13FN4O2S/c1-19-12(4-5-17-19)14(21)22-10-7-20(8-10)15-18-11-3-2-9(16)6-13(11)23-15/h2-6,10H,7-8H2,1H3. The Morgan fingerprint density at radius 3 is 2.96 bits per heavy atom. The Balaban J connectivity index is 1.40. The van der Waals surface area contributed by atoms with Gasteiger partial charge in [-0.25, -0.2) is 14.2 Å². The van der Waals surface area contributed by atoms with Gasteiger partial charge >= 0.3 is 5.97 Å². The number of anilines is 1. The maximum Gasteiger partial charge on any atom is 0.356 e. The molecule has 0 unspecified atom stereocenters. The zero-order chi connectivity index (χ0) is 16.0. The van der Waals surface area contributed by atoms with Crippen LogP contribution in [0, 0.1) is 5.82 Å². The van der Waals surface area contributed by atoms with Crippen molar-refractivity contribution >= 4 is 32.7 Å². The molecule has 3 aromatic rings. The SMILES string of the molecule is Cn1nccc1C(=O)OC1CN(c2nc3ccc(F)cc3s2)C1. The van der Waals surface area contributed by atoms with Gasteiger partial charge in [0.15, 0.2) is 5.13 Å². The van der Waals surface area contributed by atoms with Crippen molar-refractivity contribution in [2.45, 2.75) is 6.10 Å². The Morgan fingerprint density at radius 1 is 1.39 bits per heavy atom. The van der Waals surface area contributed by atoms with Crippen molar-refractivity contribution in [2.24, 2.45) is 7.05 Å². The van der Waals surface area contributed by atoms with Gasteiger partial charge in [0.2, 0.25) is 0 Å². The predicted octanol–water partition coefficient (Wildman–Crippen LogP) is 2.21. The Morgan fingerprint density at radius 2 is 2.22 bits per heavy atom. The molecule has 0 N–H and O–H groups in total. The fourth-order valence-electron chi connectivity index (χ4n) is 2.48. The van der Waals surface area contributed by atoms with Crippen LogP contribution >= 0.6 is 11.3 Å². The topological polar surface area (TPSA) is 60.3 Å². The van der Waals surface area contributed by atoms with E-state index in [0.29, 0.717) is 18.8 Å². The van der Waals surface area contributed by atoms with E-state index in [0.717, 1.165) is 15.3 Å². The second-order valence-electron chi connectivity index (χ2n) is 5.38. The third-order valence-electron chi connectivity index (χ3n) is 3.76. The lowest BCUT2D eigenvalue weighted by Crippen LogP contribution is -2.53. The number of halogens is 1. The highest BCUT2D eigenvalue weighted by Crippen LogP contribution is 2.32. The van der Waals surface area contributed by atoms with Crippen molar-refractivity contribution in [3.8, 4) is 0 Å². The van der Waals surface area contributed by atoms with Crippen LogP contribution in [0.4, 0.5) is 9.52 Å². The van der Waals surface area contributed by atoms with E-state index >= 15 is 0 Å². The molecule has 0 spiro atoms. The molecule has 0 saturated carbocycles. The first-order valence-electron chi connectivity index (χ1n) is 7.10. The van der Waals surface area contributed by atoms with Gasteiger partial charge in [0.05, 0.1) is 23.3 Å². The Hall–Kier alpha value is -2.48. The molecule has 1 aliphatic rings. The van der Waals surface area contributed by atoms with E-state index in [1.165, 1.54) is 28.2 Å². The highest BCUT2D eigenvalue weighted by molar-refractivity contribution is 7.22. The number of rotatable bonds is 3. The van der Waals surface area contributed by atoms with Gasteiger partial charge < -0.3 is 9.64 Å². The molecule has 0 bridgehead atoms. The van der Waals surface area contributed by atoms with Gasteiger partial charge in [-0.15, -0.1) is 0 Å². The molecule has 8 heteroatoms. The molecule has 0 amide bonds. The Labute approximate surface area is 135 Å². The van der Waals surface area contributed by atoms with Crippen LogP contribution in [-0.2, 0) is 11.8 Å². The van der Waals surface area contributed by atoms with Crippen LogP contribution < -0.4 is 4.90 Å². The normalized spacial score (nSPS) is 15.0. The molecule has 0 radical (unpaired) electrons. The maximum atomic E-state index is 13.2. The summed E-state index contributed by atoms with van der Waals surface area (Å²) in [4.78, 5) is 18.5. The first-order chi connectivity index (χ1) is 11.1. The molecule has 0 aliphatic carbocycles. The lowest BCUT2D eigenvalue weighted by atomic mass is 10.2. The molecule has 118 valence electrons. The lowest BCUT2D eigenvalue weighted by Gasteiger charge is -2.38. The van der Waals surface area contributed by atoms with Gasteiger partial charge in [0.25, 0.3) is 0 Å². The van der Waals surface area contributed by atoms with Gasteiger partial charge in [-0.05, 0) is 24.3 Å². The zero-order valence-corrected chi connectivity index (χ0v) is 13.1. The van der Waals surface area contributed by atoms with Crippen LogP contribution in [0.2, 0.25) is 0 Å². The number of carbonyl (C=O) groups excluding carboxylic acids is 1. The molecule has 23 heavy (non-hydrogen) atoms. The van der Waals surface area contributed by atoms with E-state index < -0.39 is 0 Å². The van der Waals surface area contributed by atoms with E-state index in [2.05, 4.69) is 10.1 Å². The summed E-state index contributed by atoms with van der Waals surface area (Å²) in [5.41, 5.74) is 1.21. The van der Waals surface area contributed by atoms with E-state index in [4.69, 9.17) is 4.74 Å². The number of benzene rings is 1. The lowest BCUT2D eigenvalue weighted by molar-refractivity contribution is 0.0222. The van der Waals surface area contributed by atoms with E-state index in [1.54, 1.807) is 25.4 Å². The first-order valence-corrected chi connectivity index (χ1v) is 7.92. The molecule has 1 saturated heterocycles. The van der Waals surface area contributed by atoms with Crippen LogP contribution in [0.25, 0.3) is 10.2 Å². The van der Waals surface area contributed by atoms with Crippen molar-refractivity contribution in [1.29, 1.82) is 0 Å². The number of hydrogen-bond acceptors (Lipinski definition) is 6. The van der Waals surface area contributed by atoms with Crippen LogP contribution in [0.5, 0.6) is 0 Å². The summed E-state index contributed by atoms with van der Waals surface area (Å²) in [6, 6.07) is 6.18. The monoisotopic (exact) mass is 332 g/mol. The maximum absolute atomic E-state index is 13.2. The largest absolute Gasteiger partial charge is 0.454 e. The van der Waals surface area contributed by atoms with Crippen molar-refractivity contribution < 1.29 is 13.9 Å². The van der Waals surface area contributed by atoms with E-state index in [1.807, 2.05) is 4.90 Å². The molecule has 4 rings (SSSR count). The van der Waals surface area contributed by atoms with Crippen LogP contribution in [0.15, 0.2) is 30.5 Å². The molecule has 6 nitrogen and oxygen atoms in total. The summed E-state index contributed by atoms with van der Waals surface area (Å²) in [5, 5.41) is 4.77. The molecular weight excluding hydrogens is 319 g/mol. The van der Waals surface area contributed by atoms with Crippen molar-refractivity contribution in [1.82, 2.24) is 14.8 Å². The number of aryl methyl sites for hydroxylation is 1. The minimum absolute atomic E-state index is 0.166. The minimum Gasteiger partial charge on any atom is -0.454 e. The van der Waals surface area contributed by atoms with E-state index in [-0.39, 0.29) is 17.9 Å². The van der Waals surface area contributed by atoms with Crippen LogP contribution in [-0.4, -0.2) is 39.9 Å². The van der Waals surface area contributed by atoms with E-state index in [9.17, 15) is 9.18 Å². The van der Waals surface area contributed by atoms with Crippen molar-refractivity contribution in [2.75, 3.05) is 18.0 Å². The molecule has 2 aromatic heterocycles. The van der Waals surface area contributed by atoms with Crippen LogP contribution in [0.3, 0.4) is 0 Å².